The summed E-state index contributed by atoms with van der Waals surface area (Å²) in [6.07, 6.45) is 3.63. The number of benzene rings is 1. The number of carbonyl (C=O) groups excluding carboxylic acids is 2. The molecule has 1 aromatic carbocycles. The van der Waals surface area contributed by atoms with Crippen molar-refractivity contribution in [3.8, 4) is 0 Å². The lowest BCUT2D eigenvalue weighted by Gasteiger charge is -2.30. The van der Waals surface area contributed by atoms with E-state index in [1.807, 2.05) is 11.0 Å². The highest BCUT2D eigenvalue weighted by molar-refractivity contribution is 5.95. The highest BCUT2D eigenvalue weighted by Crippen LogP contribution is 2.19. The van der Waals surface area contributed by atoms with Gasteiger partial charge in [0.25, 0.3) is 5.91 Å². The maximum Gasteiger partial charge on any atom is 0.272 e. The number of amides is 1. The number of ketones is 1. The second-order valence-corrected chi connectivity index (χ2v) is 6.50. The molecule has 6 heteroatoms. The minimum Gasteiger partial charge on any atom is -0.337 e. The summed E-state index contributed by atoms with van der Waals surface area (Å²) in [5, 5.41) is 3.06. The minimum absolute atomic E-state index is 0.00664. The van der Waals surface area contributed by atoms with Crippen molar-refractivity contribution in [2.24, 2.45) is 5.92 Å². The van der Waals surface area contributed by atoms with E-state index in [4.69, 9.17) is 0 Å². The number of anilines is 2. The molecule has 0 spiro atoms. The molecule has 2 aromatic rings. The van der Waals surface area contributed by atoms with E-state index in [9.17, 15) is 9.59 Å². The van der Waals surface area contributed by atoms with E-state index >= 15 is 0 Å². The fourth-order valence-corrected chi connectivity index (χ4v) is 2.86. The minimum atomic E-state index is -0.0603. The lowest BCUT2D eigenvalue weighted by molar-refractivity contribution is 0.0691. The Morgan fingerprint density at radius 1 is 1.20 bits per heavy atom. The topological polar surface area (TPSA) is 75.2 Å². The number of nitrogens with zero attached hydrogens (tertiary/aromatic N) is 3. The highest BCUT2D eigenvalue weighted by atomic mass is 16.2. The van der Waals surface area contributed by atoms with Crippen molar-refractivity contribution in [2.45, 2.75) is 26.7 Å². The van der Waals surface area contributed by atoms with Crippen LogP contribution in [0.15, 0.2) is 36.5 Å². The predicted octanol–water partition coefficient (Wildman–Crippen LogP) is 3.29. The molecule has 1 aliphatic rings. The molecule has 1 N–H and O–H groups in total. The number of Topliss-reactive ketones (excluding diaryl/α,β-unsaturated/α-hetero) is 1. The van der Waals surface area contributed by atoms with Crippen molar-refractivity contribution in [2.75, 3.05) is 18.4 Å². The van der Waals surface area contributed by atoms with Crippen LogP contribution in [-0.4, -0.2) is 39.6 Å². The fourth-order valence-electron chi connectivity index (χ4n) is 2.86. The summed E-state index contributed by atoms with van der Waals surface area (Å²) in [5.74, 6) is 0.944. The molecular weight excluding hydrogens is 316 g/mol. The molecule has 2 heterocycles. The molecule has 3 rings (SSSR count). The smallest absolute Gasteiger partial charge is 0.272 e. The van der Waals surface area contributed by atoms with E-state index in [2.05, 4.69) is 22.2 Å². The standard InChI is InChI=1S/C19H22N4O2/c1-13-7-10-23(11-8-13)18(25)17-6-9-20-19(22-17)21-16-5-3-4-15(12-16)14(2)24/h3-6,9,12-13H,7-8,10-11H2,1-2H3,(H,20,21,22). The fraction of sp³-hybridized carbons (Fsp3) is 0.368. The number of likely N-dealkylation sites (tertiary alicyclic amines) is 1. The molecule has 0 saturated carbocycles. The molecule has 1 aliphatic heterocycles. The van der Waals surface area contributed by atoms with Crippen LogP contribution in [0.25, 0.3) is 0 Å². The van der Waals surface area contributed by atoms with Crippen LogP contribution in [0.5, 0.6) is 0 Å². The Morgan fingerprint density at radius 2 is 1.96 bits per heavy atom. The maximum absolute atomic E-state index is 12.6. The van der Waals surface area contributed by atoms with E-state index in [1.54, 1.807) is 30.5 Å². The normalized spacial score (nSPS) is 15.0. The van der Waals surface area contributed by atoms with Gasteiger partial charge in [-0.1, -0.05) is 19.1 Å². The summed E-state index contributed by atoms with van der Waals surface area (Å²) >= 11 is 0. The van der Waals surface area contributed by atoms with Gasteiger partial charge in [-0.25, -0.2) is 9.97 Å². The van der Waals surface area contributed by atoms with Gasteiger partial charge in [-0.3, -0.25) is 9.59 Å². The molecule has 0 bridgehead atoms. The van der Waals surface area contributed by atoms with Gasteiger partial charge in [-0.05, 0) is 43.9 Å². The third kappa shape index (κ3) is 4.21. The zero-order valence-electron chi connectivity index (χ0n) is 14.5. The molecule has 0 aliphatic carbocycles. The molecule has 130 valence electrons. The van der Waals surface area contributed by atoms with Crippen LogP contribution in [0.3, 0.4) is 0 Å². The monoisotopic (exact) mass is 338 g/mol. The van der Waals surface area contributed by atoms with Crippen molar-refractivity contribution in [3.05, 3.63) is 47.8 Å². The van der Waals surface area contributed by atoms with Gasteiger partial charge in [0.15, 0.2) is 5.78 Å². The average Bonchev–Trinajstić information content (AvgIpc) is 2.62. The molecule has 0 unspecified atom stereocenters. The Kier molecular flexibility index (Phi) is 5.07. The Hall–Kier alpha value is -2.76. The van der Waals surface area contributed by atoms with Gasteiger partial charge in [0.1, 0.15) is 5.69 Å². The van der Waals surface area contributed by atoms with Crippen LogP contribution in [0, 0.1) is 5.92 Å². The molecule has 0 radical (unpaired) electrons. The Morgan fingerprint density at radius 3 is 2.68 bits per heavy atom. The predicted molar refractivity (Wildman–Crippen MR) is 96.1 cm³/mol. The van der Waals surface area contributed by atoms with Gasteiger partial charge in [0.05, 0.1) is 0 Å². The maximum atomic E-state index is 12.6. The van der Waals surface area contributed by atoms with Crippen LogP contribution in [0.1, 0.15) is 47.5 Å². The molecule has 0 atom stereocenters. The zero-order chi connectivity index (χ0) is 17.8. The lowest BCUT2D eigenvalue weighted by atomic mass is 9.99. The quantitative estimate of drug-likeness (QED) is 0.866. The first-order chi connectivity index (χ1) is 12.0. The average molecular weight is 338 g/mol. The number of aromatic nitrogens is 2. The van der Waals surface area contributed by atoms with E-state index in [-0.39, 0.29) is 11.7 Å². The molecule has 1 amide bonds. The Labute approximate surface area is 147 Å². The largest absolute Gasteiger partial charge is 0.337 e. The van der Waals surface area contributed by atoms with Crippen LogP contribution in [-0.2, 0) is 0 Å². The van der Waals surface area contributed by atoms with E-state index in [0.717, 1.165) is 25.9 Å². The molecule has 1 saturated heterocycles. The van der Waals surface area contributed by atoms with Crippen LogP contribution >= 0.6 is 0 Å². The number of rotatable bonds is 4. The second kappa shape index (κ2) is 7.42. The highest BCUT2D eigenvalue weighted by Gasteiger charge is 2.22. The zero-order valence-corrected chi connectivity index (χ0v) is 14.5. The van der Waals surface area contributed by atoms with Crippen molar-refractivity contribution in [1.29, 1.82) is 0 Å². The van der Waals surface area contributed by atoms with Gasteiger partial charge in [-0.2, -0.15) is 0 Å². The molecule has 1 fully saturated rings. The van der Waals surface area contributed by atoms with Crippen molar-refractivity contribution in [1.82, 2.24) is 14.9 Å². The number of nitrogens with one attached hydrogen (secondary N) is 1. The van der Waals surface area contributed by atoms with Crippen molar-refractivity contribution in [3.63, 3.8) is 0 Å². The van der Waals surface area contributed by atoms with Gasteiger partial charge in [0, 0.05) is 30.5 Å². The molecule has 25 heavy (non-hydrogen) atoms. The van der Waals surface area contributed by atoms with Crippen molar-refractivity contribution < 1.29 is 9.59 Å². The first-order valence-electron chi connectivity index (χ1n) is 8.53. The van der Waals surface area contributed by atoms with Gasteiger partial charge < -0.3 is 10.2 Å². The summed E-state index contributed by atoms with van der Waals surface area (Å²) in [6.45, 7) is 5.28. The lowest BCUT2D eigenvalue weighted by Crippen LogP contribution is -2.38. The Balaban J connectivity index is 1.74. The summed E-state index contributed by atoms with van der Waals surface area (Å²) < 4.78 is 0. The first-order valence-corrected chi connectivity index (χ1v) is 8.53. The molecule has 1 aromatic heterocycles. The van der Waals surface area contributed by atoms with Crippen LogP contribution < -0.4 is 5.32 Å². The number of piperidine rings is 1. The van der Waals surface area contributed by atoms with Gasteiger partial charge in [0.2, 0.25) is 5.95 Å². The summed E-state index contributed by atoms with van der Waals surface area (Å²) in [6, 6.07) is 8.76. The molecular formula is C19H22N4O2. The van der Waals surface area contributed by atoms with Crippen LogP contribution in [0.2, 0.25) is 0 Å². The third-order valence-corrected chi connectivity index (χ3v) is 4.47. The second-order valence-electron chi connectivity index (χ2n) is 6.50. The van der Waals surface area contributed by atoms with Gasteiger partial charge >= 0.3 is 0 Å². The summed E-state index contributed by atoms with van der Waals surface area (Å²) in [5.41, 5.74) is 1.71. The number of hydrogen-bond acceptors (Lipinski definition) is 5. The first kappa shape index (κ1) is 17.1. The summed E-state index contributed by atoms with van der Waals surface area (Å²) in [4.78, 5) is 34.5. The van der Waals surface area contributed by atoms with E-state index < -0.39 is 0 Å². The van der Waals surface area contributed by atoms with Crippen LogP contribution in [0.4, 0.5) is 11.6 Å². The van der Waals surface area contributed by atoms with E-state index in [1.165, 1.54) is 6.92 Å². The number of hydrogen-bond donors (Lipinski definition) is 1. The van der Waals surface area contributed by atoms with Gasteiger partial charge in [-0.15, -0.1) is 0 Å². The number of carbonyl (C=O) groups is 2. The summed E-state index contributed by atoms with van der Waals surface area (Å²) in [7, 11) is 0. The molecule has 6 nitrogen and oxygen atoms in total. The third-order valence-electron chi connectivity index (χ3n) is 4.47. The van der Waals surface area contributed by atoms with E-state index in [0.29, 0.717) is 28.8 Å². The van der Waals surface area contributed by atoms with Crippen molar-refractivity contribution >= 4 is 23.3 Å². The SMILES string of the molecule is CC(=O)c1cccc(Nc2nccc(C(=O)N3CCC(C)CC3)n2)c1. The Bertz CT molecular complexity index is 782.